The van der Waals surface area contributed by atoms with E-state index in [4.69, 9.17) is 9.47 Å². The monoisotopic (exact) mass is 250 g/mol. The fourth-order valence-electron chi connectivity index (χ4n) is 1.14. The van der Waals surface area contributed by atoms with Crippen LogP contribution in [0, 0.1) is 18.6 Å². The first kappa shape index (κ1) is 8.74. The fraction of sp³-hybridized carbons (Fsp3) is 0.250. The molecule has 5 heteroatoms. The van der Waals surface area contributed by atoms with E-state index >= 15 is 0 Å². The van der Waals surface area contributed by atoms with Gasteiger partial charge in [-0.15, -0.1) is 0 Å². The van der Waals surface area contributed by atoms with E-state index in [2.05, 4.69) is 15.9 Å². The van der Waals surface area contributed by atoms with E-state index in [0.29, 0.717) is 0 Å². The zero-order valence-corrected chi connectivity index (χ0v) is 8.24. The molecule has 1 aromatic rings. The van der Waals surface area contributed by atoms with Crippen LogP contribution in [0.1, 0.15) is 5.56 Å². The lowest BCUT2D eigenvalue weighted by Gasteiger charge is -2.05. The normalized spacial score (nSPS) is 13.5. The van der Waals surface area contributed by atoms with Crippen LogP contribution in [0.25, 0.3) is 0 Å². The molecule has 2 nitrogen and oxygen atoms in total. The molecule has 13 heavy (non-hydrogen) atoms. The lowest BCUT2D eigenvalue weighted by atomic mass is 10.2. The van der Waals surface area contributed by atoms with Gasteiger partial charge in [0.2, 0.25) is 18.3 Å². The molecule has 0 bridgehead atoms. The number of fused-ring (bicyclic) bond motifs is 1. The van der Waals surface area contributed by atoms with Crippen molar-refractivity contribution in [2.75, 3.05) is 6.79 Å². The molecule has 0 aliphatic carbocycles. The molecule has 0 fully saturated rings. The second kappa shape index (κ2) is 2.83. The Kier molecular flexibility index (Phi) is 1.91. The minimum Gasteiger partial charge on any atom is -0.450 e. The molecular weight excluding hydrogens is 246 g/mol. The molecule has 1 aromatic carbocycles. The molecule has 0 radical (unpaired) electrons. The van der Waals surface area contributed by atoms with Crippen LogP contribution in [-0.4, -0.2) is 6.79 Å². The summed E-state index contributed by atoms with van der Waals surface area (Å²) in [6, 6.07) is 0. The average molecular weight is 251 g/mol. The summed E-state index contributed by atoms with van der Waals surface area (Å²) in [5.41, 5.74) is 0.182. The highest BCUT2D eigenvalue weighted by molar-refractivity contribution is 9.10. The molecule has 0 N–H and O–H groups in total. The van der Waals surface area contributed by atoms with E-state index in [0.717, 1.165) is 0 Å². The lowest BCUT2D eigenvalue weighted by molar-refractivity contribution is 0.168. The molecule has 0 spiro atoms. The van der Waals surface area contributed by atoms with Gasteiger partial charge < -0.3 is 9.47 Å². The summed E-state index contributed by atoms with van der Waals surface area (Å²) >= 11 is 2.93. The maximum Gasteiger partial charge on any atom is 0.231 e. The van der Waals surface area contributed by atoms with Crippen LogP contribution in [0.5, 0.6) is 11.5 Å². The predicted octanol–water partition coefficient (Wildman–Crippen LogP) is 2.76. The Morgan fingerprint density at radius 3 is 2.31 bits per heavy atom. The predicted molar refractivity (Wildman–Crippen MR) is 44.9 cm³/mol. The zero-order valence-electron chi connectivity index (χ0n) is 6.66. The summed E-state index contributed by atoms with van der Waals surface area (Å²) < 4.78 is 36.3. The van der Waals surface area contributed by atoms with Crippen molar-refractivity contribution in [2.24, 2.45) is 0 Å². The molecule has 2 rings (SSSR count). The highest BCUT2D eigenvalue weighted by Crippen LogP contribution is 2.42. The number of rotatable bonds is 0. The Balaban J connectivity index is 2.77. The Bertz CT molecular complexity index is 344. The molecule has 70 valence electrons. The first-order valence-electron chi connectivity index (χ1n) is 3.55. The number of halogens is 3. The third-order valence-electron chi connectivity index (χ3n) is 1.86. The van der Waals surface area contributed by atoms with E-state index < -0.39 is 11.6 Å². The molecule has 0 saturated carbocycles. The smallest absolute Gasteiger partial charge is 0.231 e. The van der Waals surface area contributed by atoms with Gasteiger partial charge >= 0.3 is 0 Å². The molecule has 0 saturated heterocycles. The van der Waals surface area contributed by atoms with Gasteiger partial charge in [0.25, 0.3) is 0 Å². The summed E-state index contributed by atoms with van der Waals surface area (Å²) in [4.78, 5) is 0. The fourth-order valence-corrected chi connectivity index (χ4v) is 1.49. The van der Waals surface area contributed by atoms with Gasteiger partial charge in [-0.3, -0.25) is 0 Å². The van der Waals surface area contributed by atoms with Crippen LogP contribution in [0.3, 0.4) is 0 Å². The number of ether oxygens (including phenoxy) is 2. The van der Waals surface area contributed by atoms with Crippen molar-refractivity contribution >= 4 is 15.9 Å². The Labute approximate surface area is 81.6 Å². The number of benzene rings is 1. The van der Waals surface area contributed by atoms with Gasteiger partial charge in [-0.05, 0) is 22.9 Å². The van der Waals surface area contributed by atoms with Crippen molar-refractivity contribution < 1.29 is 18.3 Å². The van der Waals surface area contributed by atoms with Crippen molar-refractivity contribution in [1.29, 1.82) is 0 Å². The maximum atomic E-state index is 13.3. The van der Waals surface area contributed by atoms with E-state index in [-0.39, 0.29) is 28.3 Å². The van der Waals surface area contributed by atoms with Crippen LogP contribution in [0.4, 0.5) is 8.78 Å². The van der Waals surface area contributed by atoms with Gasteiger partial charge in [-0.25, -0.2) is 8.78 Å². The second-order valence-electron chi connectivity index (χ2n) is 2.63. The van der Waals surface area contributed by atoms with Crippen molar-refractivity contribution in [3.05, 3.63) is 21.7 Å². The summed E-state index contributed by atoms with van der Waals surface area (Å²) in [6.45, 7) is 1.32. The molecule has 0 aromatic heterocycles. The third-order valence-corrected chi connectivity index (χ3v) is 2.81. The van der Waals surface area contributed by atoms with Crippen LogP contribution in [-0.2, 0) is 0 Å². The van der Waals surface area contributed by atoms with E-state index in [1.807, 2.05) is 0 Å². The summed E-state index contributed by atoms with van der Waals surface area (Å²) in [7, 11) is 0. The van der Waals surface area contributed by atoms with E-state index in [9.17, 15) is 8.78 Å². The lowest BCUT2D eigenvalue weighted by Crippen LogP contribution is -1.94. The number of hydrogen-bond donors (Lipinski definition) is 0. The van der Waals surface area contributed by atoms with Gasteiger partial charge in [0.1, 0.15) is 0 Å². The molecule has 1 heterocycles. The van der Waals surface area contributed by atoms with E-state index in [1.54, 1.807) is 0 Å². The van der Waals surface area contributed by atoms with Crippen LogP contribution in [0.2, 0.25) is 0 Å². The summed E-state index contributed by atoms with van der Waals surface area (Å²) in [5.74, 6) is -1.50. The minimum atomic E-state index is -0.619. The Morgan fingerprint density at radius 1 is 1.15 bits per heavy atom. The van der Waals surface area contributed by atoms with Crippen LogP contribution >= 0.6 is 15.9 Å². The van der Waals surface area contributed by atoms with Crippen molar-refractivity contribution in [1.82, 2.24) is 0 Å². The summed E-state index contributed by atoms with van der Waals surface area (Å²) in [5, 5.41) is 0. The topological polar surface area (TPSA) is 18.5 Å². The quantitative estimate of drug-likeness (QED) is 0.660. The maximum absolute atomic E-state index is 13.3. The van der Waals surface area contributed by atoms with E-state index in [1.165, 1.54) is 6.92 Å². The SMILES string of the molecule is Cc1c(F)c2c(c(F)c1Br)OCO2. The van der Waals surface area contributed by atoms with Crippen LogP contribution < -0.4 is 9.47 Å². The highest BCUT2D eigenvalue weighted by atomic mass is 79.9. The van der Waals surface area contributed by atoms with Gasteiger partial charge in [-0.2, -0.15) is 0 Å². The number of hydrogen-bond acceptors (Lipinski definition) is 2. The molecule has 0 atom stereocenters. The van der Waals surface area contributed by atoms with Crippen molar-refractivity contribution in [3.8, 4) is 11.5 Å². The molecule has 1 aliphatic heterocycles. The minimum absolute atomic E-state index is 0.0780. The second-order valence-corrected chi connectivity index (χ2v) is 3.42. The first-order chi connectivity index (χ1) is 6.13. The molecular formula is C8H5BrF2O2. The van der Waals surface area contributed by atoms with Crippen LogP contribution in [0.15, 0.2) is 4.47 Å². The summed E-state index contributed by atoms with van der Waals surface area (Å²) in [6.07, 6.45) is 0. The molecule has 1 aliphatic rings. The Hall–Kier alpha value is -0.840. The zero-order chi connectivity index (χ0) is 9.59. The first-order valence-corrected chi connectivity index (χ1v) is 4.35. The standard InChI is InChI=1S/C8H5BrF2O2/c1-3-4(9)6(11)8-7(5(3)10)12-2-13-8/h2H2,1H3. The van der Waals surface area contributed by atoms with Gasteiger partial charge in [-0.1, -0.05) is 0 Å². The third kappa shape index (κ3) is 1.10. The van der Waals surface area contributed by atoms with Gasteiger partial charge in [0, 0.05) is 5.56 Å². The molecule has 0 amide bonds. The Morgan fingerprint density at radius 2 is 1.69 bits per heavy atom. The largest absolute Gasteiger partial charge is 0.450 e. The van der Waals surface area contributed by atoms with Crippen molar-refractivity contribution in [3.63, 3.8) is 0 Å². The van der Waals surface area contributed by atoms with Crippen molar-refractivity contribution in [2.45, 2.75) is 6.92 Å². The van der Waals surface area contributed by atoms with Gasteiger partial charge in [0.15, 0.2) is 11.6 Å². The average Bonchev–Trinajstić information content (AvgIpc) is 2.59. The molecule has 0 unspecified atom stereocenters. The highest BCUT2D eigenvalue weighted by Gasteiger charge is 2.27. The van der Waals surface area contributed by atoms with Gasteiger partial charge in [0.05, 0.1) is 4.47 Å².